The third-order valence-corrected chi connectivity index (χ3v) is 6.14. The lowest BCUT2D eigenvalue weighted by atomic mass is 9.96. The number of fused-ring (bicyclic) bond motifs is 1. The Balaban J connectivity index is 1.34. The number of carbonyl (C=O) groups excluding carboxylic acids is 1. The molecule has 5 heteroatoms. The molecular weight excluding hydrogens is 400 g/mol. The lowest BCUT2D eigenvalue weighted by molar-refractivity contribution is 0.0570. The van der Waals surface area contributed by atoms with Crippen molar-refractivity contribution < 1.29 is 13.9 Å². The zero-order valence-corrected chi connectivity index (χ0v) is 18.1. The average Bonchev–Trinajstić information content (AvgIpc) is 3.30. The Morgan fingerprint density at radius 1 is 0.844 bits per heavy atom. The summed E-state index contributed by atoms with van der Waals surface area (Å²) in [5.41, 5.74) is 3.15. The minimum absolute atomic E-state index is 0.0705. The Hall–Kier alpha value is -3.57. The minimum atomic E-state index is -0.0705. The molecule has 1 fully saturated rings. The van der Waals surface area contributed by atoms with Gasteiger partial charge in [0.25, 0.3) is 5.91 Å². The first kappa shape index (κ1) is 20.3. The van der Waals surface area contributed by atoms with Gasteiger partial charge in [-0.05, 0) is 23.3 Å². The van der Waals surface area contributed by atoms with Crippen LogP contribution in [-0.4, -0.2) is 49.0 Å². The lowest BCUT2D eigenvalue weighted by Gasteiger charge is -2.39. The molecule has 0 unspecified atom stereocenters. The van der Waals surface area contributed by atoms with Crippen LogP contribution in [0.3, 0.4) is 0 Å². The van der Waals surface area contributed by atoms with E-state index in [1.165, 1.54) is 11.1 Å². The van der Waals surface area contributed by atoms with Gasteiger partial charge >= 0.3 is 0 Å². The fraction of sp³-hybridized carbons (Fsp3) is 0.222. The van der Waals surface area contributed by atoms with Gasteiger partial charge in [0.15, 0.2) is 17.1 Å². The van der Waals surface area contributed by atoms with Crippen LogP contribution in [0.4, 0.5) is 0 Å². The van der Waals surface area contributed by atoms with Crippen LogP contribution in [0.5, 0.6) is 5.75 Å². The largest absolute Gasteiger partial charge is 0.493 e. The van der Waals surface area contributed by atoms with Crippen molar-refractivity contribution in [3.63, 3.8) is 0 Å². The maximum atomic E-state index is 13.2. The van der Waals surface area contributed by atoms with Crippen LogP contribution >= 0.6 is 0 Å². The molecule has 1 aliphatic heterocycles. The second kappa shape index (κ2) is 8.89. The standard InChI is InChI=1S/C27H26N2O3/c1-31-23-14-8-13-22-19-24(32-26(22)23)27(30)29-17-15-28(16-18-29)25(20-9-4-2-5-10-20)21-11-6-3-7-12-21/h2-14,19,25H,15-18H2,1H3. The van der Waals surface area contributed by atoms with Crippen LogP contribution in [-0.2, 0) is 0 Å². The summed E-state index contributed by atoms with van der Waals surface area (Å²) in [6, 6.07) is 28.8. The van der Waals surface area contributed by atoms with Crippen molar-refractivity contribution in [2.24, 2.45) is 0 Å². The van der Waals surface area contributed by atoms with Crippen molar-refractivity contribution in [3.8, 4) is 5.75 Å². The van der Waals surface area contributed by atoms with Crippen LogP contribution in [0.15, 0.2) is 89.3 Å². The number of hydrogen-bond acceptors (Lipinski definition) is 4. The van der Waals surface area contributed by atoms with Crippen LogP contribution < -0.4 is 4.74 Å². The van der Waals surface area contributed by atoms with E-state index < -0.39 is 0 Å². The molecule has 162 valence electrons. The molecule has 1 aromatic heterocycles. The van der Waals surface area contributed by atoms with Crippen molar-refractivity contribution in [3.05, 3.63) is 102 Å². The summed E-state index contributed by atoms with van der Waals surface area (Å²) in [6.45, 7) is 2.90. The predicted octanol–water partition coefficient (Wildman–Crippen LogP) is 4.99. The second-order valence-electron chi connectivity index (χ2n) is 8.04. The van der Waals surface area contributed by atoms with Gasteiger partial charge < -0.3 is 14.1 Å². The van der Waals surface area contributed by atoms with Crippen LogP contribution in [0.2, 0.25) is 0 Å². The third-order valence-electron chi connectivity index (χ3n) is 6.14. The molecule has 3 aromatic carbocycles. The number of nitrogens with zero attached hydrogens (tertiary/aromatic N) is 2. The van der Waals surface area contributed by atoms with Crippen LogP contribution in [0.25, 0.3) is 11.0 Å². The molecule has 0 bridgehead atoms. The number of amides is 1. The number of para-hydroxylation sites is 1. The molecule has 0 aliphatic carbocycles. The van der Waals surface area contributed by atoms with E-state index in [9.17, 15) is 4.79 Å². The highest BCUT2D eigenvalue weighted by Crippen LogP contribution is 2.31. The van der Waals surface area contributed by atoms with Gasteiger partial charge in [-0.2, -0.15) is 0 Å². The van der Waals surface area contributed by atoms with Crippen molar-refractivity contribution in [2.75, 3.05) is 33.3 Å². The summed E-state index contributed by atoms with van der Waals surface area (Å²) in [5, 5.41) is 0.875. The number of rotatable bonds is 5. The van der Waals surface area contributed by atoms with E-state index in [0.29, 0.717) is 30.2 Å². The molecule has 1 amide bonds. The predicted molar refractivity (Wildman–Crippen MR) is 125 cm³/mol. The topological polar surface area (TPSA) is 45.9 Å². The summed E-state index contributed by atoms with van der Waals surface area (Å²) in [5.74, 6) is 0.930. The molecule has 0 saturated carbocycles. The second-order valence-corrected chi connectivity index (χ2v) is 8.04. The zero-order valence-electron chi connectivity index (χ0n) is 18.1. The van der Waals surface area contributed by atoms with Gasteiger partial charge in [-0.1, -0.05) is 72.8 Å². The van der Waals surface area contributed by atoms with Gasteiger partial charge in [-0.3, -0.25) is 9.69 Å². The van der Waals surface area contributed by atoms with E-state index in [0.717, 1.165) is 18.5 Å². The Bertz CT molecular complexity index is 1160. The van der Waals surface area contributed by atoms with Crippen molar-refractivity contribution in [2.45, 2.75) is 6.04 Å². The van der Waals surface area contributed by atoms with Gasteiger partial charge in [0, 0.05) is 31.6 Å². The minimum Gasteiger partial charge on any atom is -0.493 e. The Kier molecular flexibility index (Phi) is 5.65. The number of ether oxygens (including phenoxy) is 1. The summed E-state index contributed by atoms with van der Waals surface area (Å²) in [4.78, 5) is 17.5. The van der Waals surface area contributed by atoms with Gasteiger partial charge in [-0.25, -0.2) is 0 Å². The maximum absolute atomic E-state index is 13.2. The highest BCUT2D eigenvalue weighted by Gasteiger charge is 2.29. The van der Waals surface area contributed by atoms with E-state index in [4.69, 9.17) is 9.15 Å². The van der Waals surface area contributed by atoms with Gasteiger partial charge in [-0.15, -0.1) is 0 Å². The van der Waals surface area contributed by atoms with E-state index in [-0.39, 0.29) is 11.9 Å². The monoisotopic (exact) mass is 426 g/mol. The Morgan fingerprint density at radius 3 is 2.06 bits per heavy atom. The molecule has 1 saturated heterocycles. The van der Waals surface area contributed by atoms with Crippen molar-refractivity contribution in [1.82, 2.24) is 9.80 Å². The summed E-state index contributed by atoms with van der Waals surface area (Å²) >= 11 is 0. The number of furan rings is 1. The third kappa shape index (κ3) is 3.87. The van der Waals surface area contributed by atoms with E-state index in [1.807, 2.05) is 41.3 Å². The summed E-state index contributed by atoms with van der Waals surface area (Å²) in [6.07, 6.45) is 0. The highest BCUT2D eigenvalue weighted by molar-refractivity contribution is 5.97. The first-order chi connectivity index (χ1) is 15.7. The van der Waals surface area contributed by atoms with E-state index >= 15 is 0 Å². The van der Waals surface area contributed by atoms with E-state index in [1.54, 1.807) is 7.11 Å². The molecule has 1 aliphatic rings. The number of benzene rings is 3. The SMILES string of the molecule is COc1cccc2cc(C(=O)N3CCN(C(c4ccccc4)c4ccccc4)CC3)oc12. The molecule has 0 N–H and O–H groups in total. The Labute approximate surface area is 187 Å². The Morgan fingerprint density at radius 2 is 1.47 bits per heavy atom. The number of carbonyl (C=O) groups is 1. The number of methoxy groups -OCH3 is 1. The average molecular weight is 427 g/mol. The fourth-order valence-electron chi connectivity index (χ4n) is 4.53. The van der Waals surface area contributed by atoms with Gasteiger partial charge in [0.05, 0.1) is 13.2 Å². The van der Waals surface area contributed by atoms with Crippen molar-refractivity contribution >= 4 is 16.9 Å². The molecule has 5 rings (SSSR count). The summed E-state index contributed by atoms with van der Waals surface area (Å²) < 4.78 is 11.3. The molecule has 2 heterocycles. The first-order valence-corrected chi connectivity index (χ1v) is 10.9. The highest BCUT2D eigenvalue weighted by atomic mass is 16.5. The maximum Gasteiger partial charge on any atom is 0.289 e. The van der Waals surface area contributed by atoms with Crippen molar-refractivity contribution in [1.29, 1.82) is 0 Å². The fourth-order valence-corrected chi connectivity index (χ4v) is 4.53. The zero-order chi connectivity index (χ0) is 21.9. The quantitative estimate of drug-likeness (QED) is 0.451. The molecular formula is C27H26N2O3. The van der Waals surface area contributed by atoms with Crippen LogP contribution in [0, 0.1) is 0 Å². The molecule has 0 atom stereocenters. The molecule has 5 nitrogen and oxygen atoms in total. The smallest absolute Gasteiger partial charge is 0.289 e. The molecule has 0 spiro atoms. The number of piperazine rings is 1. The normalized spacial score (nSPS) is 14.8. The first-order valence-electron chi connectivity index (χ1n) is 10.9. The lowest BCUT2D eigenvalue weighted by Crippen LogP contribution is -2.49. The summed E-state index contributed by atoms with van der Waals surface area (Å²) in [7, 11) is 1.61. The van der Waals surface area contributed by atoms with E-state index in [2.05, 4.69) is 53.4 Å². The molecule has 32 heavy (non-hydrogen) atoms. The van der Waals surface area contributed by atoms with Gasteiger partial charge in [0.1, 0.15) is 0 Å². The number of hydrogen-bond donors (Lipinski definition) is 0. The molecule has 4 aromatic rings. The van der Waals surface area contributed by atoms with Crippen LogP contribution in [0.1, 0.15) is 27.7 Å². The molecule has 0 radical (unpaired) electrons. The van der Waals surface area contributed by atoms with Gasteiger partial charge in [0.2, 0.25) is 0 Å².